The highest BCUT2D eigenvalue weighted by Gasteiger charge is 1.98. The molecular formula is C13H11N3. The van der Waals surface area contributed by atoms with Crippen LogP contribution in [-0.2, 0) is 0 Å². The van der Waals surface area contributed by atoms with Gasteiger partial charge in [0, 0.05) is 28.9 Å². The summed E-state index contributed by atoms with van der Waals surface area (Å²) in [5.41, 5.74) is 3.43. The number of nitrogens with zero attached hydrogens (tertiary/aromatic N) is 1. The van der Waals surface area contributed by atoms with Gasteiger partial charge in [-0.25, -0.2) is 0 Å². The van der Waals surface area contributed by atoms with Crippen LogP contribution in [0.3, 0.4) is 0 Å². The van der Waals surface area contributed by atoms with Gasteiger partial charge >= 0.3 is 0 Å². The van der Waals surface area contributed by atoms with Crippen LogP contribution in [0.15, 0.2) is 42.9 Å². The molecule has 0 bridgehead atoms. The van der Waals surface area contributed by atoms with Crippen LogP contribution in [0, 0.1) is 0 Å². The lowest BCUT2D eigenvalue weighted by Crippen LogP contribution is -1.68. The predicted molar refractivity (Wildman–Crippen MR) is 65.8 cm³/mol. The van der Waals surface area contributed by atoms with Crippen LogP contribution in [0.1, 0.15) is 11.1 Å². The van der Waals surface area contributed by atoms with Gasteiger partial charge in [-0.3, -0.25) is 5.10 Å². The zero-order valence-corrected chi connectivity index (χ0v) is 8.64. The van der Waals surface area contributed by atoms with E-state index in [9.17, 15) is 0 Å². The van der Waals surface area contributed by atoms with Crippen molar-refractivity contribution in [2.45, 2.75) is 0 Å². The van der Waals surface area contributed by atoms with E-state index in [1.165, 1.54) is 10.9 Å². The third-order valence-electron chi connectivity index (χ3n) is 2.60. The number of benzene rings is 1. The number of hydrogen-bond acceptors (Lipinski definition) is 1. The number of aromatic nitrogens is 3. The van der Waals surface area contributed by atoms with Crippen molar-refractivity contribution in [1.29, 1.82) is 0 Å². The number of hydrogen-bond donors (Lipinski definition) is 2. The van der Waals surface area contributed by atoms with Gasteiger partial charge in [-0.2, -0.15) is 5.10 Å². The van der Waals surface area contributed by atoms with Gasteiger partial charge in [-0.15, -0.1) is 0 Å². The highest BCUT2D eigenvalue weighted by atomic mass is 15.1. The highest BCUT2D eigenvalue weighted by molar-refractivity contribution is 5.91. The average molecular weight is 209 g/mol. The van der Waals surface area contributed by atoms with Gasteiger partial charge in [0.1, 0.15) is 0 Å². The summed E-state index contributed by atoms with van der Waals surface area (Å²) in [6.07, 6.45) is 9.81. The molecule has 78 valence electrons. The summed E-state index contributed by atoms with van der Waals surface area (Å²) < 4.78 is 0. The maximum absolute atomic E-state index is 3.90. The standard InChI is InChI=1S/C13H11N3/c1-2-4-13-12(3-1)11(9-14-13)6-5-10-7-15-16-8-10/h1-9,14H,(H,15,16). The highest BCUT2D eigenvalue weighted by Crippen LogP contribution is 2.19. The first-order valence-electron chi connectivity index (χ1n) is 5.16. The second-order valence-corrected chi connectivity index (χ2v) is 3.65. The summed E-state index contributed by atoms with van der Waals surface area (Å²) in [6.45, 7) is 0. The molecule has 0 aliphatic carbocycles. The average Bonchev–Trinajstić information content (AvgIpc) is 2.96. The Kier molecular flexibility index (Phi) is 2.07. The molecule has 0 spiro atoms. The lowest BCUT2D eigenvalue weighted by molar-refractivity contribution is 1.09. The lowest BCUT2D eigenvalue weighted by Gasteiger charge is -1.90. The van der Waals surface area contributed by atoms with Gasteiger partial charge in [0.2, 0.25) is 0 Å². The molecule has 0 aliphatic heterocycles. The molecule has 0 saturated heterocycles. The molecule has 0 atom stereocenters. The Morgan fingerprint density at radius 3 is 2.88 bits per heavy atom. The smallest absolute Gasteiger partial charge is 0.0559 e. The van der Waals surface area contributed by atoms with E-state index >= 15 is 0 Å². The van der Waals surface area contributed by atoms with E-state index in [1.54, 1.807) is 6.20 Å². The summed E-state index contributed by atoms with van der Waals surface area (Å²) in [7, 11) is 0. The molecule has 2 heterocycles. The van der Waals surface area contributed by atoms with Crippen molar-refractivity contribution in [2.75, 3.05) is 0 Å². The maximum atomic E-state index is 3.90. The zero-order valence-electron chi connectivity index (χ0n) is 8.64. The Hall–Kier alpha value is -2.29. The van der Waals surface area contributed by atoms with Gasteiger partial charge in [0.05, 0.1) is 6.20 Å². The lowest BCUT2D eigenvalue weighted by atomic mass is 10.1. The van der Waals surface area contributed by atoms with Crippen molar-refractivity contribution in [2.24, 2.45) is 0 Å². The van der Waals surface area contributed by atoms with Crippen molar-refractivity contribution in [3.8, 4) is 0 Å². The van der Waals surface area contributed by atoms with Crippen LogP contribution in [0.5, 0.6) is 0 Å². The van der Waals surface area contributed by atoms with Crippen LogP contribution in [0.2, 0.25) is 0 Å². The molecule has 3 nitrogen and oxygen atoms in total. The van der Waals surface area contributed by atoms with E-state index in [0.29, 0.717) is 0 Å². The van der Waals surface area contributed by atoms with Gasteiger partial charge < -0.3 is 4.98 Å². The van der Waals surface area contributed by atoms with E-state index < -0.39 is 0 Å². The van der Waals surface area contributed by atoms with Crippen molar-refractivity contribution in [1.82, 2.24) is 15.2 Å². The Balaban J connectivity index is 2.01. The second-order valence-electron chi connectivity index (χ2n) is 3.65. The molecule has 0 fully saturated rings. The van der Waals surface area contributed by atoms with Crippen molar-refractivity contribution < 1.29 is 0 Å². The predicted octanol–water partition coefficient (Wildman–Crippen LogP) is 3.06. The largest absolute Gasteiger partial charge is 0.361 e. The van der Waals surface area contributed by atoms with Gasteiger partial charge in [0.15, 0.2) is 0 Å². The molecule has 16 heavy (non-hydrogen) atoms. The molecule has 3 heteroatoms. The number of rotatable bonds is 2. The zero-order chi connectivity index (χ0) is 10.8. The van der Waals surface area contributed by atoms with Crippen LogP contribution in [-0.4, -0.2) is 15.2 Å². The molecule has 2 N–H and O–H groups in total. The van der Waals surface area contributed by atoms with Crippen LogP contribution >= 0.6 is 0 Å². The maximum Gasteiger partial charge on any atom is 0.0559 e. The summed E-state index contributed by atoms with van der Waals surface area (Å²) >= 11 is 0. The van der Waals surface area contributed by atoms with Crippen LogP contribution in [0.4, 0.5) is 0 Å². The molecule has 1 aromatic carbocycles. The Labute approximate surface area is 92.8 Å². The normalized spacial score (nSPS) is 11.5. The number of nitrogens with one attached hydrogen (secondary N) is 2. The third kappa shape index (κ3) is 1.52. The quantitative estimate of drug-likeness (QED) is 0.669. The molecule has 0 radical (unpaired) electrons. The second kappa shape index (κ2) is 3.70. The first-order valence-corrected chi connectivity index (χ1v) is 5.16. The summed E-state index contributed by atoms with van der Waals surface area (Å²) in [6, 6.07) is 8.26. The third-order valence-corrected chi connectivity index (χ3v) is 2.60. The molecule has 0 saturated carbocycles. The number of aromatic amines is 2. The molecule has 0 unspecified atom stereocenters. The van der Waals surface area contributed by atoms with Gasteiger partial charge in [-0.1, -0.05) is 30.4 Å². The van der Waals surface area contributed by atoms with E-state index in [0.717, 1.165) is 11.1 Å². The Morgan fingerprint density at radius 2 is 2.00 bits per heavy atom. The van der Waals surface area contributed by atoms with Gasteiger partial charge in [-0.05, 0) is 11.6 Å². The SMILES string of the molecule is C(=Cc1c[nH]c2ccccc12)c1cn[nH]c1. The molecular weight excluding hydrogens is 198 g/mol. The fraction of sp³-hybridized carbons (Fsp3) is 0. The minimum absolute atomic E-state index is 1.07. The Bertz CT molecular complexity index is 617. The van der Waals surface area contributed by atoms with E-state index in [-0.39, 0.29) is 0 Å². The van der Waals surface area contributed by atoms with Crippen LogP contribution < -0.4 is 0 Å². The minimum Gasteiger partial charge on any atom is -0.361 e. The van der Waals surface area contributed by atoms with Gasteiger partial charge in [0.25, 0.3) is 0 Å². The summed E-state index contributed by atoms with van der Waals surface area (Å²) in [5.74, 6) is 0. The Morgan fingerprint density at radius 1 is 1.06 bits per heavy atom. The first kappa shape index (κ1) is 8.97. The fourth-order valence-electron chi connectivity index (χ4n) is 1.77. The number of H-pyrrole nitrogens is 2. The van der Waals surface area contributed by atoms with Crippen molar-refractivity contribution in [3.63, 3.8) is 0 Å². The molecule has 2 aromatic heterocycles. The minimum atomic E-state index is 1.07. The number of para-hydroxylation sites is 1. The topological polar surface area (TPSA) is 44.5 Å². The van der Waals surface area contributed by atoms with E-state index in [4.69, 9.17) is 0 Å². The molecule has 3 rings (SSSR count). The first-order chi connectivity index (χ1) is 7.93. The number of fused-ring (bicyclic) bond motifs is 1. The monoisotopic (exact) mass is 209 g/mol. The van der Waals surface area contributed by atoms with Crippen molar-refractivity contribution >= 4 is 23.1 Å². The summed E-state index contributed by atoms with van der Waals surface area (Å²) in [4.78, 5) is 3.24. The molecule has 0 amide bonds. The van der Waals surface area contributed by atoms with E-state index in [1.807, 2.05) is 30.6 Å². The van der Waals surface area contributed by atoms with E-state index in [2.05, 4.69) is 33.4 Å². The van der Waals surface area contributed by atoms with Crippen molar-refractivity contribution in [3.05, 3.63) is 54.0 Å². The summed E-state index contributed by atoms with van der Waals surface area (Å²) in [5, 5.41) is 7.93. The fourth-order valence-corrected chi connectivity index (χ4v) is 1.77. The molecule has 0 aliphatic rings. The van der Waals surface area contributed by atoms with Crippen LogP contribution in [0.25, 0.3) is 23.1 Å². The molecule has 3 aromatic rings.